The summed E-state index contributed by atoms with van der Waals surface area (Å²) in [6.45, 7) is 7.64. The Balaban J connectivity index is 2.62. The number of Topliss-reactive ketones (excluding diaryl/α,β-unsaturated/α-hetero) is 1. The van der Waals surface area contributed by atoms with E-state index in [0.29, 0.717) is 25.8 Å². The summed E-state index contributed by atoms with van der Waals surface area (Å²) in [5, 5.41) is 5.31. The summed E-state index contributed by atoms with van der Waals surface area (Å²) >= 11 is 0. The van der Waals surface area contributed by atoms with Gasteiger partial charge >= 0.3 is 6.09 Å². The third-order valence-corrected chi connectivity index (χ3v) is 3.11. The normalized spacial score (nSPS) is 20.2. The molecule has 0 saturated carbocycles. The molecule has 0 aromatic heterocycles. The minimum absolute atomic E-state index is 0.0510. The van der Waals surface area contributed by atoms with E-state index in [-0.39, 0.29) is 17.6 Å². The van der Waals surface area contributed by atoms with Crippen LogP contribution >= 0.6 is 0 Å². The first-order valence-corrected chi connectivity index (χ1v) is 7.03. The second-order valence-electron chi connectivity index (χ2n) is 6.03. The second kappa shape index (κ2) is 6.72. The fourth-order valence-electron chi connectivity index (χ4n) is 2.12. The molecule has 1 aliphatic heterocycles. The highest BCUT2D eigenvalue weighted by Crippen LogP contribution is 2.17. The van der Waals surface area contributed by atoms with Gasteiger partial charge in [-0.15, -0.1) is 0 Å². The van der Waals surface area contributed by atoms with Crippen LogP contribution in [0.25, 0.3) is 0 Å². The van der Waals surface area contributed by atoms with Crippen molar-refractivity contribution >= 4 is 17.8 Å². The van der Waals surface area contributed by atoms with Gasteiger partial charge in [-0.2, -0.15) is 0 Å². The maximum atomic E-state index is 11.9. The van der Waals surface area contributed by atoms with Crippen LogP contribution in [0.1, 0.15) is 47.0 Å². The molecule has 0 spiro atoms. The SMILES string of the molecule is CCC(=O)[C@H](C[C@@H]1CCNC1=O)NC(=O)OC(C)(C)C. The predicted octanol–water partition coefficient (Wildman–Crippen LogP) is 1.39. The highest BCUT2D eigenvalue weighted by Gasteiger charge is 2.31. The van der Waals surface area contributed by atoms with Gasteiger partial charge in [0.25, 0.3) is 0 Å². The Morgan fingerprint density at radius 3 is 2.55 bits per heavy atom. The van der Waals surface area contributed by atoms with Gasteiger partial charge in [0.15, 0.2) is 5.78 Å². The van der Waals surface area contributed by atoms with Gasteiger partial charge in [0.05, 0.1) is 6.04 Å². The average molecular weight is 284 g/mol. The van der Waals surface area contributed by atoms with E-state index in [0.717, 1.165) is 0 Å². The van der Waals surface area contributed by atoms with Gasteiger partial charge in [-0.3, -0.25) is 9.59 Å². The van der Waals surface area contributed by atoms with Crippen LogP contribution in [-0.2, 0) is 14.3 Å². The molecular formula is C14H24N2O4. The van der Waals surface area contributed by atoms with Gasteiger partial charge < -0.3 is 15.4 Å². The van der Waals surface area contributed by atoms with Crippen LogP contribution in [0.4, 0.5) is 4.79 Å². The number of carbonyl (C=O) groups is 3. The number of rotatable bonds is 5. The van der Waals surface area contributed by atoms with Crippen molar-refractivity contribution in [3.8, 4) is 0 Å². The van der Waals surface area contributed by atoms with E-state index in [1.54, 1.807) is 27.7 Å². The van der Waals surface area contributed by atoms with E-state index in [1.165, 1.54) is 0 Å². The molecule has 0 aromatic rings. The fourth-order valence-corrected chi connectivity index (χ4v) is 2.12. The molecule has 1 rings (SSSR count). The molecule has 0 radical (unpaired) electrons. The zero-order chi connectivity index (χ0) is 15.3. The van der Waals surface area contributed by atoms with Crippen molar-refractivity contribution < 1.29 is 19.1 Å². The number of alkyl carbamates (subject to hydrolysis) is 1. The molecule has 2 N–H and O–H groups in total. The highest BCUT2D eigenvalue weighted by molar-refractivity contribution is 5.88. The standard InChI is InChI=1S/C14H24N2O4/c1-5-11(17)10(8-9-6-7-15-12(9)18)16-13(19)20-14(2,3)4/h9-10H,5-8H2,1-4H3,(H,15,18)(H,16,19)/t9-,10-/m0/s1. The summed E-state index contributed by atoms with van der Waals surface area (Å²) in [7, 11) is 0. The fraction of sp³-hybridized carbons (Fsp3) is 0.786. The van der Waals surface area contributed by atoms with E-state index in [4.69, 9.17) is 4.74 Å². The van der Waals surface area contributed by atoms with Gasteiger partial charge in [0.2, 0.25) is 5.91 Å². The van der Waals surface area contributed by atoms with E-state index < -0.39 is 17.7 Å². The summed E-state index contributed by atoms with van der Waals surface area (Å²) in [4.78, 5) is 35.2. The maximum absolute atomic E-state index is 11.9. The molecule has 1 saturated heterocycles. The predicted molar refractivity (Wildman–Crippen MR) is 74.2 cm³/mol. The van der Waals surface area contributed by atoms with Crippen LogP contribution in [0.3, 0.4) is 0 Å². The Hall–Kier alpha value is -1.59. The molecule has 114 valence electrons. The molecule has 1 aliphatic rings. The average Bonchev–Trinajstić information content (AvgIpc) is 2.70. The number of ketones is 1. The van der Waals surface area contributed by atoms with Gasteiger partial charge in [-0.05, 0) is 33.6 Å². The largest absolute Gasteiger partial charge is 0.444 e. The van der Waals surface area contributed by atoms with Crippen molar-refractivity contribution in [1.82, 2.24) is 10.6 Å². The molecule has 0 bridgehead atoms. The van der Waals surface area contributed by atoms with Crippen LogP contribution in [0.2, 0.25) is 0 Å². The summed E-state index contributed by atoms with van der Waals surface area (Å²) < 4.78 is 5.15. The number of ether oxygens (including phenoxy) is 1. The minimum Gasteiger partial charge on any atom is -0.444 e. The monoisotopic (exact) mass is 284 g/mol. The third-order valence-electron chi connectivity index (χ3n) is 3.11. The highest BCUT2D eigenvalue weighted by atomic mass is 16.6. The topological polar surface area (TPSA) is 84.5 Å². The molecule has 20 heavy (non-hydrogen) atoms. The Morgan fingerprint density at radius 1 is 1.45 bits per heavy atom. The number of hydrogen-bond donors (Lipinski definition) is 2. The maximum Gasteiger partial charge on any atom is 0.408 e. The van der Waals surface area contributed by atoms with Crippen molar-refractivity contribution in [3.63, 3.8) is 0 Å². The van der Waals surface area contributed by atoms with Gasteiger partial charge in [0.1, 0.15) is 5.60 Å². The summed E-state index contributed by atoms with van der Waals surface area (Å²) in [5.41, 5.74) is -0.616. The van der Waals surface area contributed by atoms with Crippen molar-refractivity contribution in [2.75, 3.05) is 6.54 Å². The minimum atomic E-state index is -0.663. The Kier molecular flexibility index (Phi) is 5.53. The van der Waals surface area contributed by atoms with E-state index in [2.05, 4.69) is 10.6 Å². The lowest BCUT2D eigenvalue weighted by atomic mass is 9.95. The summed E-state index contributed by atoms with van der Waals surface area (Å²) in [6, 6.07) is -0.663. The summed E-state index contributed by atoms with van der Waals surface area (Å²) in [6.07, 6.45) is 0.720. The van der Waals surface area contributed by atoms with Gasteiger partial charge in [0, 0.05) is 18.9 Å². The quantitative estimate of drug-likeness (QED) is 0.799. The Morgan fingerprint density at radius 2 is 2.10 bits per heavy atom. The van der Waals surface area contributed by atoms with Crippen molar-refractivity contribution in [1.29, 1.82) is 0 Å². The van der Waals surface area contributed by atoms with Crippen LogP contribution < -0.4 is 10.6 Å². The molecule has 2 amide bonds. The first-order chi connectivity index (χ1) is 9.23. The molecule has 6 nitrogen and oxygen atoms in total. The number of amides is 2. The lowest BCUT2D eigenvalue weighted by Crippen LogP contribution is -2.44. The Bertz CT molecular complexity index is 387. The smallest absolute Gasteiger partial charge is 0.408 e. The molecule has 0 unspecified atom stereocenters. The second-order valence-corrected chi connectivity index (χ2v) is 6.03. The van der Waals surface area contributed by atoms with Gasteiger partial charge in [-0.25, -0.2) is 4.79 Å². The first kappa shape index (κ1) is 16.5. The summed E-state index contributed by atoms with van der Waals surface area (Å²) in [5.74, 6) is -0.356. The molecular weight excluding hydrogens is 260 g/mol. The third kappa shape index (κ3) is 5.19. The number of nitrogens with one attached hydrogen (secondary N) is 2. The molecule has 0 aromatic carbocycles. The zero-order valence-electron chi connectivity index (χ0n) is 12.6. The number of carbonyl (C=O) groups excluding carboxylic acids is 3. The lowest BCUT2D eigenvalue weighted by molar-refractivity contribution is -0.124. The molecule has 2 atom stereocenters. The van der Waals surface area contributed by atoms with E-state index >= 15 is 0 Å². The van der Waals surface area contributed by atoms with Gasteiger partial charge in [-0.1, -0.05) is 6.92 Å². The Labute approximate surface area is 119 Å². The van der Waals surface area contributed by atoms with Crippen LogP contribution in [0, 0.1) is 5.92 Å². The molecule has 1 fully saturated rings. The lowest BCUT2D eigenvalue weighted by Gasteiger charge is -2.23. The first-order valence-electron chi connectivity index (χ1n) is 7.03. The molecule has 1 heterocycles. The van der Waals surface area contributed by atoms with E-state index in [9.17, 15) is 14.4 Å². The van der Waals surface area contributed by atoms with Crippen molar-refractivity contribution in [2.45, 2.75) is 58.6 Å². The van der Waals surface area contributed by atoms with Crippen LogP contribution in [0.5, 0.6) is 0 Å². The zero-order valence-corrected chi connectivity index (χ0v) is 12.6. The van der Waals surface area contributed by atoms with Crippen LogP contribution in [-0.4, -0.2) is 36.0 Å². The van der Waals surface area contributed by atoms with E-state index in [1.807, 2.05) is 0 Å². The van der Waals surface area contributed by atoms with Crippen molar-refractivity contribution in [2.24, 2.45) is 5.92 Å². The number of hydrogen-bond acceptors (Lipinski definition) is 4. The molecule has 0 aliphatic carbocycles. The van der Waals surface area contributed by atoms with Crippen LogP contribution in [0.15, 0.2) is 0 Å². The molecule has 6 heteroatoms. The van der Waals surface area contributed by atoms with Crippen molar-refractivity contribution in [3.05, 3.63) is 0 Å².